The molecule has 0 aromatic carbocycles. The summed E-state index contributed by atoms with van der Waals surface area (Å²) in [6, 6.07) is 4.79. The van der Waals surface area contributed by atoms with Crippen LogP contribution in [0.2, 0.25) is 0 Å². The maximum Gasteiger partial charge on any atom is 0.106 e. The van der Waals surface area contributed by atoms with Gasteiger partial charge in [-0.05, 0) is 47.6 Å². The van der Waals surface area contributed by atoms with Gasteiger partial charge in [-0.25, -0.2) is 4.98 Å². The number of pyridine rings is 1. The van der Waals surface area contributed by atoms with Crippen molar-refractivity contribution in [1.82, 2.24) is 15.2 Å². The standard InChI is InChI=1S/C11H16BrN3.ClH/c1-15(10-4-5-13-7-10)8-9-2-3-11(12)14-6-9;/h2-3,6,10,13H,4-5,7-8H2,1H3;1H. The van der Waals surface area contributed by atoms with Gasteiger partial charge < -0.3 is 5.32 Å². The molecule has 16 heavy (non-hydrogen) atoms. The molecule has 1 saturated heterocycles. The third-order valence-corrected chi connectivity index (χ3v) is 3.35. The van der Waals surface area contributed by atoms with Crippen LogP contribution in [0.15, 0.2) is 22.9 Å². The smallest absolute Gasteiger partial charge is 0.106 e. The van der Waals surface area contributed by atoms with E-state index in [-0.39, 0.29) is 12.4 Å². The van der Waals surface area contributed by atoms with Crippen molar-refractivity contribution < 1.29 is 0 Å². The van der Waals surface area contributed by atoms with Gasteiger partial charge in [0.05, 0.1) is 0 Å². The van der Waals surface area contributed by atoms with Crippen molar-refractivity contribution in [3.8, 4) is 0 Å². The Bertz CT molecular complexity index is 312. The Morgan fingerprint density at radius 2 is 2.38 bits per heavy atom. The Morgan fingerprint density at radius 3 is 2.94 bits per heavy atom. The molecular weight excluding hydrogens is 289 g/mol. The van der Waals surface area contributed by atoms with Crippen LogP contribution in [-0.4, -0.2) is 36.1 Å². The van der Waals surface area contributed by atoms with E-state index in [0.29, 0.717) is 6.04 Å². The minimum absolute atomic E-state index is 0. The zero-order valence-corrected chi connectivity index (χ0v) is 11.7. The van der Waals surface area contributed by atoms with Crippen molar-refractivity contribution in [2.24, 2.45) is 0 Å². The summed E-state index contributed by atoms with van der Waals surface area (Å²) in [4.78, 5) is 6.63. The summed E-state index contributed by atoms with van der Waals surface area (Å²) in [5.74, 6) is 0. The Morgan fingerprint density at radius 1 is 1.56 bits per heavy atom. The molecule has 1 atom stereocenters. The van der Waals surface area contributed by atoms with Crippen LogP contribution in [0.25, 0.3) is 0 Å². The molecule has 90 valence electrons. The third-order valence-electron chi connectivity index (χ3n) is 2.88. The second kappa shape index (κ2) is 6.55. The summed E-state index contributed by atoms with van der Waals surface area (Å²) in [5, 5.41) is 3.38. The molecular formula is C11H17BrClN3. The molecule has 5 heteroatoms. The third kappa shape index (κ3) is 3.70. The molecule has 1 aliphatic heterocycles. The Labute approximate surface area is 111 Å². The van der Waals surface area contributed by atoms with Crippen LogP contribution in [0.4, 0.5) is 0 Å². The predicted octanol–water partition coefficient (Wildman–Crippen LogP) is 2.06. The lowest BCUT2D eigenvalue weighted by molar-refractivity contribution is 0.248. The van der Waals surface area contributed by atoms with Gasteiger partial charge >= 0.3 is 0 Å². The van der Waals surface area contributed by atoms with E-state index < -0.39 is 0 Å². The fourth-order valence-corrected chi connectivity index (χ4v) is 2.17. The van der Waals surface area contributed by atoms with E-state index in [1.807, 2.05) is 12.3 Å². The molecule has 0 saturated carbocycles. The first-order valence-corrected chi connectivity index (χ1v) is 6.06. The maximum absolute atomic E-state index is 4.23. The van der Waals surface area contributed by atoms with Crippen molar-refractivity contribution in [2.75, 3.05) is 20.1 Å². The summed E-state index contributed by atoms with van der Waals surface area (Å²) in [5.41, 5.74) is 1.27. The summed E-state index contributed by atoms with van der Waals surface area (Å²) in [6.07, 6.45) is 3.18. The Kier molecular flexibility index (Phi) is 5.69. The second-order valence-electron chi connectivity index (χ2n) is 4.05. The van der Waals surface area contributed by atoms with E-state index in [2.05, 4.69) is 44.2 Å². The molecule has 3 nitrogen and oxygen atoms in total. The summed E-state index contributed by atoms with van der Waals surface area (Å²) in [7, 11) is 2.18. The molecule has 0 bridgehead atoms. The molecule has 1 aromatic rings. The van der Waals surface area contributed by atoms with Gasteiger partial charge in [0.2, 0.25) is 0 Å². The number of likely N-dealkylation sites (N-methyl/N-ethyl adjacent to an activating group) is 1. The van der Waals surface area contributed by atoms with E-state index in [9.17, 15) is 0 Å². The number of halogens is 2. The normalized spacial score (nSPS) is 19.8. The van der Waals surface area contributed by atoms with E-state index in [1.54, 1.807) is 0 Å². The predicted molar refractivity (Wildman–Crippen MR) is 71.9 cm³/mol. The molecule has 1 N–H and O–H groups in total. The first-order valence-electron chi connectivity index (χ1n) is 5.27. The van der Waals surface area contributed by atoms with Crippen LogP contribution in [0.5, 0.6) is 0 Å². The van der Waals surface area contributed by atoms with Crippen molar-refractivity contribution in [3.05, 3.63) is 28.5 Å². The highest BCUT2D eigenvalue weighted by atomic mass is 79.9. The fourth-order valence-electron chi connectivity index (χ4n) is 1.93. The fraction of sp³-hybridized carbons (Fsp3) is 0.545. The van der Waals surface area contributed by atoms with Crippen LogP contribution in [0.1, 0.15) is 12.0 Å². The van der Waals surface area contributed by atoms with Crippen LogP contribution in [-0.2, 0) is 6.54 Å². The van der Waals surface area contributed by atoms with Crippen molar-refractivity contribution in [3.63, 3.8) is 0 Å². The van der Waals surface area contributed by atoms with Crippen LogP contribution < -0.4 is 5.32 Å². The molecule has 1 aromatic heterocycles. The Balaban J connectivity index is 0.00000128. The van der Waals surface area contributed by atoms with Gasteiger partial charge in [0.25, 0.3) is 0 Å². The number of hydrogen-bond donors (Lipinski definition) is 1. The zero-order chi connectivity index (χ0) is 10.7. The average Bonchev–Trinajstić information content (AvgIpc) is 2.74. The molecule has 0 aliphatic carbocycles. The summed E-state index contributed by atoms with van der Waals surface area (Å²) in [6.45, 7) is 3.24. The first kappa shape index (κ1) is 13.9. The van der Waals surface area contributed by atoms with Crippen molar-refractivity contribution in [2.45, 2.75) is 19.0 Å². The van der Waals surface area contributed by atoms with Gasteiger partial charge in [-0.3, -0.25) is 4.90 Å². The lowest BCUT2D eigenvalue weighted by Crippen LogP contribution is -2.32. The number of nitrogens with one attached hydrogen (secondary N) is 1. The van der Waals surface area contributed by atoms with Crippen molar-refractivity contribution >= 4 is 28.3 Å². The van der Waals surface area contributed by atoms with Crippen molar-refractivity contribution in [1.29, 1.82) is 0 Å². The molecule has 0 spiro atoms. The quantitative estimate of drug-likeness (QED) is 0.867. The number of rotatable bonds is 3. The van der Waals surface area contributed by atoms with Crippen LogP contribution in [0, 0.1) is 0 Å². The molecule has 1 fully saturated rings. The lowest BCUT2D eigenvalue weighted by Gasteiger charge is -2.23. The SMILES string of the molecule is CN(Cc1ccc(Br)nc1)C1CCNC1.Cl. The molecule has 1 unspecified atom stereocenters. The average molecular weight is 307 g/mol. The highest BCUT2D eigenvalue weighted by Gasteiger charge is 2.18. The van der Waals surface area contributed by atoms with Gasteiger partial charge in [-0.1, -0.05) is 6.07 Å². The zero-order valence-electron chi connectivity index (χ0n) is 9.32. The van der Waals surface area contributed by atoms with Gasteiger partial charge in [0.1, 0.15) is 4.60 Å². The summed E-state index contributed by atoms with van der Waals surface area (Å²) < 4.78 is 0.899. The molecule has 1 aliphatic rings. The first-order chi connectivity index (χ1) is 7.25. The van der Waals surface area contributed by atoms with Gasteiger partial charge in [-0.2, -0.15) is 0 Å². The van der Waals surface area contributed by atoms with Crippen LogP contribution in [0.3, 0.4) is 0 Å². The maximum atomic E-state index is 4.23. The Hall–Kier alpha value is -0.160. The second-order valence-corrected chi connectivity index (χ2v) is 4.86. The van der Waals surface area contributed by atoms with E-state index in [4.69, 9.17) is 0 Å². The molecule has 2 rings (SSSR count). The minimum Gasteiger partial charge on any atom is -0.315 e. The monoisotopic (exact) mass is 305 g/mol. The van der Waals surface area contributed by atoms with Gasteiger partial charge in [0.15, 0.2) is 0 Å². The van der Waals surface area contributed by atoms with E-state index in [0.717, 1.165) is 24.2 Å². The lowest BCUT2D eigenvalue weighted by atomic mass is 10.2. The van der Waals surface area contributed by atoms with Crippen LogP contribution >= 0.6 is 28.3 Å². The van der Waals surface area contributed by atoms with Gasteiger partial charge in [-0.15, -0.1) is 12.4 Å². The number of hydrogen-bond acceptors (Lipinski definition) is 3. The topological polar surface area (TPSA) is 28.2 Å². The highest BCUT2D eigenvalue weighted by molar-refractivity contribution is 9.10. The molecule has 2 heterocycles. The minimum atomic E-state index is 0. The molecule has 0 radical (unpaired) electrons. The number of aromatic nitrogens is 1. The van der Waals surface area contributed by atoms with E-state index in [1.165, 1.54) is 12.0 Å². The summed E-state index contributed by atoms with van der Waals surface area (Å²) >= 11 is 3.34. The van der Waals surface area contributed by atoms with Gasteiger partial charge in [0, 0.05) is 25.3 Å². The number of nitrogens with zero attached hydrogens (tertiary/aromatic N) is 2. The molecule has 0 amide bonds. The highest BCUT2D eigenvalue weighted by Crippen LogP contribution is 2.12. The van der Waals surface area contributed by atoms with E-state index >= 15 is 0 Å². The largest absolute Gasteiger partial charge is 0.315 e.